The van der Waals surface area contributed by atoms with Crippen molar-refractivity contribution in [1.82, 2.24) is 34.4 Å². The summed E-state index contributed by atoms with van der Waals surface area (Å²) >= 11 is 0. The molecule has 42 heavy (non-hydrogen) atoms. The topological polar surface area (TPSA) is 129 Å². The average Bonchev–Trinajstić information content (AvgIpc) is 3.46. The van der Waals surface area contributed by atoms with Gasteiger partial charge < -0.3 is 25.0 Å². The van der Waals surface area contributed by atoms with Crippen molar-refractivity contribution >= 4 is 17.6 Å². The van der Waals surface area contributed by atoms with E-state index in [-0.39, 0.29) is 42.1 Å². The first-order valence-electron chi connectivity index (χ1n) is 14.6. The molecule has 2 N–H and O–H groups in total. The number of benzene rings is 1. The highest BCUT2D eigenvalue weighted by molar-refractivity contribution is 5.94. The fourth-order valence-electron chi connectivity index (χ4n) is 6.34. The first kappa shape index (κ1) is 28.1. The van der Waals surface area contributed by atoms with Gasteiger partial charge in [0.15, 0.2) is 0 Å². The predicted molar refractivity (Wildman–Crippen MR) is 155 cm³/mol. The molecule has 2 atom stereocenters. The van der Waals surface area contributed by atoms with Gasteiger partial charge in [-0.15, -0.1) is 0 Å². The third-order valence-electron chi connectivity index (χ3n) is 8.66. The molecule has 12 heteroatoms. The molecule has 222 valence electrons. The van der Waals surface area contributed by atoms with E-state index in [0.717, 1.165) is 32.4 Å². The highest BCUT2D eigenvalue weighted by Crippen LogP contribution is 2.26. The number of carbonyl (C=O) groups excluding carboxylic acids is 2. The summed E-state index contributed by atoms with van der Waals surface area (Å²) in [7, 11) is 3.27. The zero-order valence-corrected chi connectivity index (χ0v) is 24.1. The van der Waals surface area contributed by atoms with Crippen LogP contribution in [0.5, 0.6) is 6.01 Å². The molecule has 0 unspecified atom stereocenters. The number of piperidine rings is 2. The second-order valence-corrected chi connectivity index (χ2v) is 11.4. The number of β-amino-alcohol motifs (C(OH)–C–C–N with tert-alkyl or cyclic N) is 1. The molecule has 2 amide bonds. The highest BCUT2D eigenvalue weighted by Gasteiger charge is 2.36. The summed E-state index contributed by atoms with van der Waals surface area (Å²) in [5.41, 5.74) is 3.50. The molecule has 6 rings (SSSR count). The molecule has 3 aromatic rings. The van der Waals surface area contributed by atoms with Gasteiger partial charge in [-0.25, -0.2) is 0 Å². The summed E-state index contributed by atoms with van der Waals surface area (Å²) in [5.74, 6) is 0.232. The maximum absolute atomic E-state index is 13.5. The van der Waals surface area contributed by atoms with E-state index in [1.165, 1.54) is 18.2 Å². The van der Waals surface area contributed by atoms with Crippen molar-refractivity contribution in [2.45, 2.75) is 50.4 Å². The Morgan fingerprint density at radius 3 is 2.48 bits per heavy atom. The number of ether oxygens (including phenoxy) is 1. The van der Waals surface area contributed by atoms with Gasteiger partial charge in [0.2, 0.25) is 0 Å². The number of likely N-dealkylation sites (tertiary alicyclic amines) is 2. The predicted octanol–water partition coefficient (Wildman–Crippen LogP) is 1.57. The number of rotatable bonds is 6. The van der Waals surface area contributed by atoms with Gasteiger partial charge in [0.1, 0.15) is 11.5 Å². The summed E-state index contributed by atoms with van der Waals surface area (Å²) in [6.07, 6.45) is 5.81. The van der Waals surface area contributed by atoms with Crippen molar-refractivity contribution in [3.8, 4) is 6.01 Å². The normalized spacial score (nSPS) is 21.6. The Bertz CT molecular complexity index is 1440. The van der Waals surface area contributed by atoms with Crippen LogP contribution in [0, 0.1) is 0 Å². The number of nitrogens with zero attached hydrogens (tertiary/aromatic N) is 7. The summed E-state index contributed by atoms with van der Waals surface area (Å²) in [6, 6.07) is 10.3. The van der Waals surface area contributed by atoms with Crippen LogP contribution < -0.4 is 10.1 Å². The molecule has 3 aliphatic rings. The molecular weight excluding hydrogens is 536 g/mol. The number of methoxy groups -OCH3 is 1. The number of hydrogen-bond acceptors (Lipinski definition) is 9. The molecule has 5 heterocycles. The molecule has 3 aliphatic heterocycles. The SMILES string of the molecule is COc1nc(NC2CCN(C(=O)c3cnn(C)c3)CC2)cc(C(=O)N2CC[C@@H](N3CCc4ccccc4C3)[C@H](O)C2)n1. The van der Waals surface area contributed by atoms with E-state index < -0.39 is 6.10 Å². The molecule has 0 bridgehead atoms. The molecule has 2 fully saturated rings. The summed E-state index contributed by atoms with van der Waals surface area (Å²) in [4.78, 5) is 40.9. The van der Waals surface area contributed by atoms with Crippen LogP contribution in [0.15, 0.2) is 42.7 Å². The number of aliphatic hydroxyl groups excluding tert-OH is 1. The van der Waals surface area contributed by atoms with Crippen molar-refractivity contribution in [2.24, 2.45) is 7.05 Å². The minimum Gasteiger partial charge on any atom is -0.467 e. The van der Waals surface area contributed by atoms with Crippen molar-refractivity contribution in [3.63, 3.8) is 0 Å². The smallest absolute Gasteiger partial charge is 0.318 e. The van der Waals surface area contributed by atoms with Gasteiger partial charge in [-0.3, -0.25) is 19.2 Å². The van der Waals surface area contributed by atoms with Gasteiger partial charge in [-0.1, -0.05) is 24.3 Å². The largest absolute Gasteiger partial charge is 0.467 e. The Balaban J connectivity index is 1.06. The molecule has 0 saturated carbocycles. The van der Waals surface area contributed by atoms with Gasteiger partial charge in [0.05, 0.1) is 25.0 Å². The van der Waals surface area contributed by atoms with Gasteiger partial charge >= 0.3 is 6.01 Å². The molecule has 1 aromatic carbocycles. The molecular formula is C30H38N8O4. The van der Waals surface area contributed by atoms with E-state index in [1.807, 2.05) is 4.90 Å². The fourth-order valence-corrected chi connectivity index (χ4v) is 6.34. The second-order valence-electron chi connectivity index (χ2n) is 11.4. The van der Waals surface area contributed by atoms with Gasteiger partial charge in [-0.2, -0.15) is 15.1 Å². The van der Waals surface area contributed by atoms with Crippen LogP contribution >= 0.6 is 0 Å². The first-order chi connectivity index (χ1) is 20.4. The van der Waals surface area contributed by atoms with Gasteiger partial charge in [0, 0.05) is 70.7 Å². The van der Waals surface area contributed by atoms with E-state index in [9.17, 15) is 14.7 Å². The van der Waals surface area contributed by atoms with Crippen LogP contribution in [0.25, 0.3) is 0 Å². The van der Waals surface area contributed by atoms with Crippen LogP contribution in [0.4, 0.5) is 5.82 Å². The molecule has 0 spiro atoms. The second kappa shape index (κ2) is 12.1. The van der Waals surface area contributed by atoms with Crippen LogP contribution in [-0.2, 0) is 20.0 Å². The lowest BCUT2D eigenvalue weighted by Gasteiger charge is -2.43. The van der Waals surface area contributed by atoms with E-state index in [2.05, 4.69) is 49.5 Å². The Morgan fingerprint density at radius 1 is 1.00 bits per heavy atom. The third-order valence-corrected chi connectivity index (χ3v) is 8.66. The maximum atomic E-state index is 13.5. The molecule has 12 nitrogen and oxygen atoms in total. The van der Waals surface area contributed by atoms with E-state index in [0.29, 0.717) is 37.4 Å². The van der Waals surface area contributed by atoms with Gasteiger partial charge in [-0.05, 0) is 36.8 Å². The van der Waals surface area contributed by atoms with E-state index >= 15 is 0 Å². The molecule has 0 radical (unpaired) electrons. The maximum Gasteiger partial charge on any atom is 0.318 e. The first-order valence-corrected chi connectivity index (χ1v) is 14.6. The van der Waals surface area contributed by atoms with Crippen molar-refractivity contribution in [3.05, 3.63) is 65.1 Å². The third kappa shape index (κ3) is 5.95. The lowest BCUT2D eigenvalue weighted by atomic mass is 9.94. The lowest BCUT2D eigenvalue weighted by Crippen LogP contribution is -2.56. The van der Waals surface area contributed by atoms with Crippen LogP contribution in [0.2, 0.25) is 0 Å². The quantitative estimate of drug-likeness (QED) is 0.451. The summed E-state index contributed by atoms with van der Waals surface area (Å²) < 4.78 is 6.94. The molecule has 2 aromatic heterocycles. The van der Waals surface area contributed by atoms with Crippen molar-refractivity contribution in [2.75, 3.05) is 45.2 Å². The number of aryl methyl sites for hydroxylation is 1. The van der Waals surface area contributed by atoms with E-state index in [4.69, 9.17) is 4.74 Å². The molecule has 0 aliphatic carbocycles. The lowest BCUT2D eigenvalue weighted by molar-refractivity contribution is -0.0139. The van der Waals surface area contributed by atoms with Crippen molar-refractivity contribution in [1.29, 1.82) is 0 Å². The highest BCUT2D eigenvalue weighted by atomic mass is 16.5. The minimum atomic E-state index is -0.645. The van der Waals surface area contributed by atoms with Crippen molar-refractivity contribution < 1.29 is 19.4 Å². The Kier molecular flexibility index (Phi) is 8.07. The average molecular weight is 575 g/mol. The number of hydrogen-bond donors (Lipinski definition) is 2. The Labute approximate surface area is 245 Å². The van der Waals surface area contributed by atoms with Gasteiger partial charge in [0.25, 0.3) is 11.8 Å². The number of amides is 2. The number of nitrogens with one attached hydrogen (secondary N) is 1. The van der Waals surface area contributed by atoms with Crippen LogP contribution in [-0.4, -0.2) is 109 Å². The summed E-state index contributed by atoms with van der Waals surface area (Å²) in [6.45, 7) is 3.73. The Morgan fingerprint density at radius 2 is 1.76 bits per heavy atom. The van der Waals surface area contributed by atoms with E-state index in [1.54, 1.807) is 35.1 Å². The number of anilines is 1. The number of aliphatic hydroxyl groups is 1. The fraction of sp³-hybridized carbons (Fsp3) is 0.500. The summed E-state index contributed by atoms with van der Waals surface area (Å²) in [5, 5.41) is 18.6. The number of aromatic nitrogens is 4. The molecule has 2 saturated heterocycles. The number of fused-ring (bicyclic) bond motifs is 1. The Hall–Kier alpha value is -4.03. The van der Waals surface area contributed by atoms with Crippen LogP contribution in [0.1, 0.15) is 51.2 Å². The standard InChI is InChI=1S/C30H38N8O4/c1-35-17-22(16-31-35)28(40)36-12-8-23(9-13-36)32-27-15-24(33-30(34-27)42-2)29(41)38-14-10-25(26(39)19-38)37-11-7-20-5-3-4-6-21(20)18-37/h3-6,15-17,23,25-26,39H,7-14,18-19H2,1-2H3,(H,32,33,34)/t25-,26-/m1/s1. The number of carbonyl (C=O) groups is 2. The zero-order valence-electron chi connectivity index (χ0n) is 24.1. The van der Waals surface area contributed by atoms with Crippen LogP contribution in [0.3, 0.4) is 0 Å². The monoisotopic (exact) mass is 574 g/mol. The zero-order chi connectivity index (χ0) is 29.2. The minimum absolute atomic E-state index is 0.00970.